The van der Waals surface area contributed by atoms with Crippen molar-refractivity contribution in [1.82, 2.24) is 15.5 Å². The fourth-order valence-corrected chi connectivity index (χ4v) is 3.27. The molecule has 0 aromatic heterocycles. The maximum atomic E-state index is 12.0. The highest BCUT2D eigenvalue weighted by Gasteiger charge is 2.34. The average Bonchev–Trinajstić information content (AvgIpc) is 2.59. The fourth-order valence-electron chi connectivity index (χ4n) is 3.27. The average molecular weight is 472 g/mol. The second-order valence-corrected chi connectivity index (χ2v) is 7.21. The van der Waals surface area contributed by atoms with Crippen LogP contribution in [0.15, 0.2) is 29.3 Å². The van der Waals surface area contributed by atoms with E-state index in [4.69, 9.17) is 0 Å². The molecule has 1 aromatic carbocycles. The first-order valence-electron chi connectivity index (χ1n) is 9.25. The van der Waals surface area contributed by atoms with E-state index >= 15 is 0 Å². The van der Waals surface area contributed by atoms with Crippen LogP contribution in [0.4, 0.5) is 0 Å². The molecule has 146 valence electrons. The molecule has 26 heavy (non-hydrogen) atoms. The number of benzene rings is 1. The Balaban J connectivity index is 0.00000338. The molecule has 0 aliphatic heterocycles. The van der Waals surface area contributed by atoms with Crippen LogP contribution >= 0.6 is 24.0 Å². The van der Waals surface area contributed by atoms with E-state index in [0.29, 0.717) is 5.41 Å². The normalized spacial score (nSPS) is 15.5. The highest BCUT2D eigenvalue weighted by Crippen LogP contribution is 2.42. The van der Waals surface area contributed by atoms with Gasteiger partial charge in [-0.2, -0.15) is 0 Å². The summed E-state index contributed by atoms with van der Waals surface area (Å²) in [6.45, 7) is 4.06. The molecule has 0 heterocycles. The van der Waals surface area contributed by atoms with E-state index in [9.17, 15) is 4.79 Å². The molecule has 2 N–H and O–H groups in total. The highest BCUT2D eigenvalue weighted by molar-refractivity contribution is 14.0. The number of amides is 1. The summed E-state index contributed by atoms with van der Waals surface area (Å²) in [5.74, 6) is 0.901. The van der Waals surface area contributed by atoms with Crippen LogP contribution in [0.2, 0.25) is 0 Å². The van der Waals surface area contributed by atoms with Crippen molar-refractivity contribution in [1.29, 1.82) is 0 Å². The van der Waals surface area contributed by atoms with Crippen molar-refractivity contribution in [2.24, 2.45) is 10.4 Å². The Morgan fingerprint density at radius 3 is 2.54 bits per heavy atom. The first-order chi connectivity index (χ1) is 12.0. The largest absolute Gasteiger partial charge is 0.356 e. The molecule has 1 aromatic rings. The molecule has 6 heteroatoms. The molecule has 1 aliphatic rings. The summed E-state index contributed by atoms with van der Waals surface area (Å²) in [5, 5.41) is 6.85. The Morgan fingerprint density at radius 2 is 2.00 bits per heavy atom. The van der Waals surface area contributed by atoms with Crippen LogP contribution in [-0.4, -0.2) is 51.0 Å². The van der Waals surface area contributed by atoms with Gasteiger partial charge in [0.1, 0.15) is 0 Å². The summed E-state index contributed by atoms with van der Waals surface area (Å²) >= 11 is 0. The predicted octanol–water partition coefficient (Wildman–Crippen LogP) is 3.29. The highest BCUT2D eigenvalue weighted by atomic mass is 127. The topological polar surface area (TPSA) is 56.7 Å². The summed E-state index contributed by atoms with van der Waals surface area (Å²) in [4.78, 5) is 18.0. The number of hydrogen-bond acceptors (Lipinski definition) is 2. The van der Waals surface area contributed by atoms with E-state index in [0.717, 1.165) is 36.6 Å². The lowest BCUT2D eigenvalue weighted by molar-refractivity contribution is 0.0827. The SMILES string of the molecule is CCC1(CNC(=NC)NCCc2cccc(C(=O)N(C)C)c2)CCC1.I. The van der Waals surface area contributed by atoms with Crippen LogP contribution in [0.25, 0.3) is 0 Å². The van der Waals surface area contributed by atoms with Crippen LogP contribution in [0.3, 0.4) is 0 Å². The molecule has 1 fully saturated rings. The van der Waals surface area contributed by atoms with Gasteiger partial charge in [-0.25, -0.2) is 0 Å². The van der Waals surface area contributed by atoms with Crippen molar-refractivity contribution in [2.45, 2.75) is 39.0 Å². The lowest BCUT2D eigenvalue weighted by Crippen LogP contribution is -2.46. The number of nitrogens with zero attached hydrogens (tertiary/aromatic N) is 2. The minimum absolute atomic E-state index is 0. The van der Waals surface area contributed by atoms with Gasteiger partial charge in [-0.1, -0.05) is 25.5 Å². The number of nitrogens with one attached hydrogen (secondary N) is 2. The van der Waals surface area contributed by atoms with E-state index in [1.807, 2.05) is 25.2 Å². The Kier molecular flexibility index (Phi) is 9.39. The number of halogens is 1. The first-order valence-corrected chi connectivity index (χ1v) is 9.25. The number of aliphatic imine (C=N–C) groups is 1. The number of guanidine groups is 1. The van der Waals surface area contributed by atoms with E-state index < -0.39 is 0 Å². The van der Waals surface area contributed by atoms with Crippen LogP contribution in [0.5, 0.6) is 0 Å². The van der Waals surface area contributed by atoms with Gasteiger partial charge in [0.05, 0.1) is 0 Å². The molecule has 5 nitrogen and oxygen atoms in total. The van der Waals surface area contributed by atoms with Gasteiger partial charge in [0.2, 0.25) is 0 Å². The number of rotatable bonds is 7. The Labute approximate surface area is 175 Å². The number of hydrogen-bond donors (Lipinski definition) is 2. The van der Waals surface area contributed by atoms with Crippen molar-refractivity contribution in [3.05, 3.63) is 35.4 Å². The van der Waals surface area contributed by atoms with Crippen LogP contribution in [-0.2, 0) is 6.42 Å². The molecule has 1 aliphatic carbocycles. The molecule has 0 radical (unpaired) electrons. The first kappa shape index (κ1) is 22.7. The summed E-state index contributed by atoms with van der Waals surface area (Å²) in [6.07, 6.45) is 6.07. The van der Waals surface area contributed by atoms with E-state index in [1.54, 1.807) is 19.0 Å². The van der Waals surface area contributed by atoms with Crippen molar-refractivity contribution < 1.29 is 4.79 Å². The van der Waals surface area contributed by atoms with Gasteiger partial charge in [-0.3, -0.25) is 9.79 Å². The third-order valence-corrected chi connectivity index (χ3v) is 5.30. The van der Waals surface area contributed by atoms with Crippen molar-refractivity contribution in [3.8, 4) is 0 Å². The molecular weight excluding hydrogens is 439 g/mol. The second-order valence-electron chi connectivity index (χ2n) is 7.21. The molecule has 2 rings (SSSR count). The predicted molar refractivity (Wildman–Crippen MR) is 120 cm³/mol. The van der Waals surface area contributed by atoms with Crippen LogP contribution in [0.1, 0.15) is 48.5 Å². The van der Waals surface area contributed by atoms with E-state index in [-0.39, 0.29) is 29.9 Å². The standard InChI is InChI=1S/C20H32N4O.HI/c1-5-20(11-7-12-20)15-23-19(21-2)22-13-10-16-8-6-9-17(14-16)18(25)24(3)4;/h6,8-9,14H,5,7,10-13,15H2,1-4H3,(H2,21,22,23);1H. The lowest BCUT2D eigenvalue weighted by atomic mass is 9.67. The van der Waals surface area contributed by atoms with E-state index in [1.165, 1.54) is 25.7 Å². The molecule has 0 unspecified atom stereocenters. The smallest absolute Gasteiger partial charge is 0.253 e. The lowest BCUT2D eigenvalue weighted by Gasteiger charge is -2.41. The van der Waals surface area contributed by atoms with Gasteiger partial charge in [-0.15, -0.1) is 24.0 Å². The molecule has 0 spiro atoms. The third kappa shape index (κ3) is 6.14. The summed E-state index contributed by atoms with van der Waals surface area (Å²) in [6, 6.07) is 7.84. The van der Waals surface area contributed by atoms with Gasteiger partial charge < -0.3 is 15.5 Å². The minimum Gasteiger partial charge on any atom is -0.356 e. The maximum Gasteiger partial charge on any atom is 0.253 e. The number of carbonyl (C=O) groups is 1. The van der Waals surface area contributed by atoms with Gasteiger partial charge in [0.25, 0.3) is 5.91 Å². The monoisotopic (exact) mass is 472 g/mol. The Hall–Kier alpha value is -1.31. The Morgan fingerprint density at radius 1 is 1.27 bits per heavy atom. The fraction of sp³-hybridized carbons (Fsp3) is 0.600. The van der Waals surface area contributed by atoms with Crippen molar-refractivity contribution in [3.63, 3.8) is 0 Å². The quantitative estimate of drug-likeness (QED) is 0.364. The molecule has 1 saturated carbocycles. The molecule has 1 amide bonds. The van der Waals surface area contributed by atoms with Gasteiger partial charge in [-0.05, 0) is 48.8 Å². The molecular formula is C20H33IN4O. The second kappa shape index (κ2) is 10.7. The van der Waals surface area contributed by atoms with Gasteiger partial charge >= 0.3 is 0 Å². The summed E-state index contributed by atoms with van der Waals surface area (Å²) in [7, 11) is 5.36. The third-order valence-electron chi connectivity index (χ3n) is 5.30. The summed E-state index contributed by atoms with van der Waals surface area (Å²) < 4.78 is 0. The summed E-state index contributed by atoms with van der Waals surface area (Å²) in [5.41, 5.74) is 2.36. The van der Waals surface area contributed by atoms with E-state index in [2.05, 4.69) is 28.6 Å². The number of carbonyl (C=O) groups excluding carboxylic acids is 1. The maximum absolute atomic E-state index is 12.0. The molecule has 0 bridgehead atoms. The molecule has 0 atom stereocenters. The Bertz CT molecular complexity index is 606. The van der Waals surface area contributed by atoms with Gasteiger partial charge in [0, 0.05) is 39.8 Å². The molecule has 0 saturated heterocycles. The van der Waals surface area contributed by atoms with Crippen LogP contribution < -0.4 is 10.6 Å². The van der Waals surface area contributed by atoms with Crippen LogP contribution in [0, 0.1) is 5.41 Å². The van der Waals surface area contributed by atoms with Gasteiger partial charge in [0.15, 0.2) is 5.96 Å². The van der Waals surface area contributed by atoms with Crippen molar-refractivity contribution in [2.75, 3.05) is 34.2 Å². The minimum atomic E-state index is 0. The zero-order chi connectivity index (χ0) is 18.3. The zero-order valence-corrected chi connectivity index (χ0v) is 18.8. The zero-order valence-electron chi connectivity index (χ0n) is 16.5. The van der Waals surface area contributed by atoms with Crippen molar-refractivity contribution >= 4 is 35.8 Å².